The number of carbonyl (C=O) groups is 1. The Labute approximate surface area is 149 Å². The number of nitrogens with zero attached hydrogens (tertiary/aromatic N) is 1. The molecule has 1 aromatic heterocycles. The van der Waals surface area contributed by atoms with Crippen molar-refractivity contribution in [2.24, 2.45) is 0 Å². The molecule has 1 aliphatic rings. The quantitative estimate of drug-likeness (QED) is 0.795. The van der Waals surface area contributed by atoms with Gasteiger partial charge in [0.15, 0.2) is 0 Å². The van der Waals surface area contributed by atoms with Gasteiger partial charge in [0.25, 0.3) is 5.91 Å². The number of pyridine rings is 1. The summed E-state index contributed by atoms with van der Waals surface area (Å²) >= 11 is 0. The Morgan fingerprint density at radius 1 is 1.00 bits per heavy atom. The molecule has 1 saturated carbocycles. The fourth-order valence-electron chi connectivity index (χ4n) is 3.06. The summed E-state index contributed by atoms with van der Waals surface area (Å²) in [7, 11) is 0. The lowest BCUT2D eigenvalue weighted by molar-refractivity contribution is -0.137. The van der Waals surface area contributed by atoms with Crippen molar-refractivity contribution in [3.8, 4) is 0 Å². The van der Waals surface area contributed by atoms with Gasteiger partial charge in [-0.2, -0.15) is 13.2 Å². The molecule has 0 unspecified atom stereocenters. The monoisotopic (exact) mass is 363 g/mol. The molecule has 0 bridgehead atoms. The number of halogens is 3. The van der Waals surface area contributed by atoms with E-state index in [-0.39, 0.29) is 11.4 Å². The number of aromatic nitrogens is 1. The summed E-state index contributed by atoms with van der Waals surface area (Å²) in [5.41, 5.74) is 0.568. The van der Waals surface area contributed by atoms with Crippen LogP contribution in [-0.4, -0.2) is 16.9 Å². The summed E-state index contributed by atoms with van der Waals surface area (Å²) in [5, 5.41) is 5.99. The molecule has 0 radical (unpaired) electrons. The average Bonchev–Trinajstić information content (AvgIpc) is 2.62. The molecule has 3 rings (SSSR count). The third kappa shape index (κ3) is 4.74. The number of hydrogen-bond donors (Lipinski definition) is 2. The van der Waals surface area contributed by atoms with E-state index in [0.717, 1.165) is 30.7 Å². The summed E-state index contributed by atoms with van der Waals surface area (Å²) in [6.45, 7) is 0. The number of nitrogens with one attached hydrogen (secondary N) is 2. The highest BCUT2D eigenvalue weighted by Gasteiger charge is 2.30. The summed E-state index contributed by atoms with van der Waals surface area (Å²) in [5.74, 6) is -0.461. The highest BCUT2D eigenvalue weighted by Crippen LogP contribution is 2.30. The van der Waals surface area contributed by atoms with Crippen molar-refractivity contribution < 1.29 is 18.0 Å². The highest BCUT2D eigenvalue weighted by molar-refractivity contribution is 6.03. The van der Waals surface area contributed by atoms with Gasteiger partial charge >= 0.3 is 6.18 Å². The zero-order valence-electron chi connectivity index (χ0n) is 14.1. The first-order chi connectivity index (χ1) is 12.4. The van der Waals surface area contributed by atoms with Crippen molar-refractivity contribution in [2.75, 3.05) is 10.6 Å². The standard InChI is InChI=1S/C19H20F3N3O/c20-19(21,22)13-6-8-15(9-7-13)25-18(26)17-12-16(10-11-23-17)24-14-4-2-1-3-5-14/h6-12,14H,1-5H2,(H,23,24)(H,25,26). The fraction of sp³-hybridized carbons (Fsp3) is 0.368. The van der Waals surface area contributed by atoms with Crippen LogP contribution in [-0.2, 0) is 6.18 Å². The third-order valence-electron chi connectivity index (χ3n) is 4.44. The molecule has 1 aromatic carbocycles. The lowest BCUT2D eigenvalue weighted by Crippen LogP contribution is -2.22. The van der Waals surface area contributed by atoms with E-state index >= 15 is 0 Å². The predicted molar refractivity (Wildman–Crippen MR) is 94.1 cm³/mol. The Balaban J connectivity index is 1.65. The zero-order valence-corrected chi connectivity index (χ0v) is 14.1. The maximum absolute atomic E-state index is 12.6. The Bertz CT molecular complexity index is 753. The zero-order chi connectivity index (χ0) is 18.6. The molecule has 138 valence electrons. The van der Waals surface area contributed by atoms with Crippen LogP contribution in [0.25, 0.3) is 0 Å². The van der Waals surface area contributed by atoms with Gasteiger partial charge in [-0.05, 0) is 49.2 Å². The second kappa shape index (κ2) is 7.76. The molecule has 4 nitrogen and oxygen atoms in total. The van der Waals surface area contributed by atoms with Gasteiger partial charge < -0.3 is 10.6 Å². The maximum atomic E-state index is 12.6. The second-order valence-corrected chi connectivity index (χ2v) is 6.44. The van der Waals surface area contributed by atoms with Crippen molar-refractivity contribution in [2.45, 2.75) is 44.3 Å². The summed E-state index contributed by atoms with van der Waals surface area (Å²) in [6, 6.07) is 8.19. The number of rotatable bonds is 4. The van der Waals surface area contributed by atoms with Gasteiger partial charge in [-0.25, -0.2) is 0 Å². The predicted octanol–water partition coefficient (Wildman–Crippen LogP) is 5.10. The summed E-state index contributed by atoms with van der Waals surface area (Å²) in [6.07, 6.45) is 3.02. The summed E-state index contributed by atoms with van der Waals surface area (Å²) in [4.78, 5) is 16.4. The lowest BCUT2D eigenvalue weighted by atomic mass is 9.95. The number of amides is 1. The summed E-state index contributed by atoms with van der Waals surface area (Å²) < 4.78 is 37.7. The SMILES string of the molecule is O=C(Nc1ccc(C(F)(F)F)cc1)c1cc(NC2CCCCC2)ccn1. The van der Waals surface area contributed by atoms with Gasteiger partial charge in [0.05, 0.1) is 5.56 Å². The van der Waals surface area contributed by atoms with Crippen LogP contribution in [0.15, 0.2) is 42.6 Å². The lowest BCUT2D eigenvalue weighted by Gasteiger charge is -2.23. The van der Waals surface area contributed by atoms with E-state index in [1.807, 2.05) is 6.07 Å². The van der Waals surface area contributed by atoms with Gasteiger partial charge in [-0.3, -0.25) is 9.78 Å². The van der Waals surface area contributed by atoms with E-state index in [2.05, 4.69) is 15.6 Å². The maximum Gasteiger partial charge on any atom is 0.416 e. The van der Waals surface area contributed by atoms with Crippen LogP contribution in [0.5, 0.6) is 0 Å². The van der Waals surface area contributed by atoms with Gasteiger partial charge in [0, 0.05) is 23.6 Å². The molecule has 2 N–H and O–H groups in total. The molecule has 1 amide bonds. The Morgan fingerprint density at radius 3 is 2.35 bits per heavy atom. The number of hydrogen-bond acceptors (Lipinski definition) is 3. The van der Waals surface area contributed by atoms with Crippen molar-refractivity contribution in [3.63, 3.8) is 0 Å². The highest BCUT2D eigenvalue weighted by atomic mass is 19.4. The van der Waals surface area contributed by atoms with Crippen LogP contribution >= 0.6 is 0 Å². The molecule has 0 spiro atoms. The number of anilines is 2. The van der Waals surface area contributed by atoms with E-state index in [1.165, 1.54) is 31.4 Å². The first-order valence-electron chi connectivity index (χ1n) is 8.63. The minimum atomic E-state index is -4.40. The van der Waals surface area contributed by atoms with Crippen LogP contribution in [0.3, 0.4) is 0 Å². The van der Waals surface area contributed by atoms with Crippen molar-refractivity contribution in [1.82, 2.24) is 4.98 Å². The van der Waals surface area contributed by atoms with Gasteiger partial charge in [0.2, 0.25) is 0 Å². The van der Waals surface area contributed by atoms with E-state index in [1.54, 1.807) is 12.3 Å². The average molecular weight is 363 g/mol. The minimum Gasteiger partial charge on any atom is -0.382 e. The molecule has 0 atom stereocenters. The molecule has 1 aliphatic carbocycles. The second-order valence-electron chi connectivity index (χ2n) is 6.44. The molecule has 0 aliphatic heterocycles. The minimum absolute atomic E-state index is 0.214. The first-order valence-corrected chi connectivity index (χ1v) is 8.63. The Morgan fingerprint density at radius 2 is 1.69 bits per heavy atom. The largest absolute Gasteiger partial charge is 0.416 e. The first kappa shape index (κ1) is 18.2. The van der Waals surface area contributed by atoms with Crippen molar-refractivity contribution in [3.05, 3.63) is 53.9 Å². The van der Waals surface area contributed by atoms with Crippen molar-refractivity contribution >= 4 is 17.3 Å². The fourth-order valence-corrected chi connectivity index (χ4v) is 3.06. The van der Waals surface area contributed by atoms with Crippen LogP contribution in [0.2, 0.25) is 0 Å². The Hall–Kier alpha value is -2.57. The molecule has 1 fully saturated rings. The number of carbonyl (C=O) groups excluding carboxylic acids is 1. The molecule has 0 saturated heterocycles. The van der Waals surface area contributed by atoms with E-state index in [9.17, 15) is 18.0 Å². The van der Waals surface area contributed by atoms with Crippen LogP contribution in [0.4, 0.5) is 24.5 Å². The van der Waals surface area contributed by atoms with Gasteiger partial charge in [-0.15, -0.1) is 0 Å². The van der Waals surface area contributed by atoms with Gasteiger partial charge in [-0.1, -0.05) is 19.3 Å². The molecular weight excluding hydrogens is 343 g/mol. The molecule has 26 heavy (non-hydrogen) atoms. The smallest absolute Gasteiger partial charge is 0.382 e. The number of benzene rings is 1. The normalized spacial score (nSPS) is 15.5. The van der Waals surface area contributed by atoms with Gasteiger partial charge in [0.1, 0.15) is 5.69 Å². The van der Waals surface area contributed by atoms with Crippen LogP contribution < -0.4 is 10.6 Å². The molecule has 7 heteroatoms. The topological polar surface area (TPSA) is 54.0 Å². The third-order valence-corrected chi connectivity index (χ3v) is 4.44. The number of alkyl halides is 3. The van der Waals surface area contributed by atoms with E-state index < -0.39 is 17.6 Å². The van der Waals surface area contributed by atoms with E-state index in [4.69, 9.17) is 0 Å². The molecular formula is C19H20F3N3O. The van der Waals surface area contributed by atoms with Crippen molar-refractivity contribution in [1.29, 1.82) is 0 Å². The Kier molecular flexibility index (Phi) is 5.44. The van der Waals surface area contributed by atoms with Crippen LogP contribution in [0, 0.1) is 0 Å². The van der Waals surface area contributed by atoms with Crippen LogP contribution in [0.1, 0.15) is 48.2 Å². The van der Waals surface area contributed by atoms with E-state index in [0.29, 0.717) is 6.04 Å². The molecule has 2 aromatic rings. The molecule has 1 heterocycles.